The SMILES string of the molecule is CCc1nc(C)cc(C[NH+](C)C)c1O. The molecule has 14 heavy (non-hydrogen) atoms. The Kier molecular flexibility index (Phi) is 3.47. The summed E-state index contributed by atoms with van der Waals surface area (Å²) in [6, 6.07) is 1.96. The molecule has 0 saturated heterocycles. The Balaban J connectivity index is 3.08. The van der Waals surface area contributed by atoms with Gasteiger partial charge in [-0.2, -0.15) is 0 Å². The number of nitrogens with one attached hydrogen (secondary N) is 1. The zero-order valence-electron chi connectivity index (χ0n) is 9.39. The van der Waals surface area contributed by atoms with Crippen LogP contribution in [-0.4, -0.2) is 24.2 Å². The molecule has 0 aliphatic heterocycles. The lowest BCUT2D eigenvalue weighted by molar-refractivity contribution is -0.872. The molecule has 0 bridgehead atoms. The average Bonchev–Trinajstić information content (AvgIpc) is 2.09. The molecule has 3 heteroatoms. The third kappa shape index (κ3) is 2.45. The molecule has 0 atom stereocenters. The van der Waals surface area contributed by atoms with Gasteiger partial charge in [0.05, 0.1) is 25.4 Å². The summed E-state index contributed by atoms with van der Waals surface area (Å²) in [7, 11) is 4.14. The van der Waals surface area contributed by atoms with Gasteiger partial charge in [0, 0.05) is 5.69 Å². The highest BCUT2D eigenvalue weighted by Gasteiger charge is 2.10. The lowest BCUT2D eigenvalue weighted by atomic mass is 10.1. The molecule has 0 aliphatic carbocycles. The molecule has 0 saturated carbocycles. The molecule has 0 amide bonds. The molecule has 1 aromatic rings. The lowest BCUT2D eigenvalue weighted by Crippen LogP contribution is -3.04. The predicted molar refractivity (Wildman–Crippen MR) is 56.5 cm³/mol. The lowest BCUT2D eigenvalue weighted by Gasteiger charge is -2.11. The number of quaternary nitrogens is 1. The Morgan fingerprint density at radius 3 is 2.57 bits per heavy atom. The van der Waals surface area contributed by atoms with Gasteiger partial charge in [-0.05, 0) is 19.4 Å². The summed E-state index contributed by atoms with van der Waals surface area (Å²) in [5.74, 6) is 0.374. The van der Waals surface area contributed by atoms with Crippen molar-refractivity contribution in [3.8, 4) is 5.75 Å². The van der Waals surface area contributed by atoms with Crippen molar-refractivity contribution in [1.29, 1.82) is 0 Å². The van der Waals surface area contributed by atoms with Gasteiger partial charge in [-0.15, -0.1) is 0 Å². The molecule has 1 heterocycles. The number of nitrogens with zero attached hydrogens (tertiary/aromatic N) is 1. The standard InChI is InChI=1S/C11H18N2O/c1-5-10-11(14)9(7-13(3)4)6-8(2)12-10/h6,14H,5,7H2,1-4H3/p+1. The molecule has 0 unspecified atom stereocenters. The fourth-order valence-corrected chi connectivity index (χ4v) is 1.57. The first-order valence-corrected chi connectivity index (χ1v) is 5.02. The number of rotatable bonds is 3. The topological polar surface area (TPSA) is 37.6 Å². The van der Waals surface area contributed by atoms with Gasteiger partial charge in [-0.3, -0.25) is 4.98 Å². The molecule has 0 aliphatic rings. The van der Waals surface area contributed by atoms with E-state index in [4.69, 9.17) is 0 Å². The Hall–Kier alpha value is -1.09. The quantitative estimate of drug-likeness (QED) is 0.728. The zero-order valence-corrected chi connectivity index (χ0v) is 9.39. The van der Waals surface area contributed by atoms with E-state index in [0.29, 0.717) is 5.75 Å². The van der Waals surface area contributed by atoms with Crippen molar-refractivity contribution in [1.82, 2.24) is 4.98 Å². The Bertz CT molecular complexity index is 321. The molecule has 78 valence electrons. The Morgan fingerprint density at radius 1 is 1.43 bits per heavy atom. The molecule has 0 aromatic carbocycles. The first-order valence-electron chi connectivity index (χ1n) is 5.02. The van der Waals surface area contributed by atoms with E-state index in [2.05, 4.69) is 19.1 Å². The summed E-state index contributed by atoms with van der Waals surface area (Å²) in [6.45, 7) is 4.81. The molecule has 3 nitrogen and oxygen atoms in total. The van der Waals surface area contributed by atoms with Crippen molar-refractivity contribution >= 4 is 0 Å². The van der Waals surface area contributed by atoms with E-state index in [1.807, 2.05) is 19.9 Å². The molecule has 1 rings (SSSR count). The van der Waals surface area contributed by atoms with Crippen molar-refractivity contribution in [2.75, 3.05) is 14.1 Å². The van der Waals surface area contributed by atoms with Crippen LogP contribution in [0.5, 0.6) is 5.75 Å². The Labute approximate surface area is 85.4 Å². The van der Waals surface area contributed by atoms with Crippen LogP contribution in [0.1, 0.15) is 23.9 Å². The van der Waals surface area contributed by atoms with Gasteiger partial charge in [0.25, 0.3) is 0 Å². The van der Waals surface area contributed by atoms with Crippen molar-refractivity contribution < 1.29 is 10.0 Å². The number of aromatic nitrogens is 1. The molecule has 2 N–H and O–H groups in total. The average molecular weight is 195 g/mol. The number of hydrogen-bond acceptors (Lipinski definition) is 2. The minimum atomic E-state index is 0.374. The van der Waals surface area contributed by atoms with E-state index in [1.54, 1.807) is 0 Å². The van der Waals surface area contributed by atoms with Crippen LogP contribution in [-0.2, 0) is 13.0 Å². The molecule has 0 spiro atoms. The van der Waals surface area contributed by atoms with Crippen LogP contribution in [0.25, 0.3) is 0 Å². The summed E-state index contributed by atoms with van der Waals surface area (Å²) in [5.41, 5.74) is 2.78. The van der Waals surface area contributed by atoms with Gasteiger partial charge in [0.15, 0.2) is 0 Å². The fraction of sp³-hybridized carbons (Fsp3) is 0.545. The van der Waals surface area contributed by atoms with E-state index >= 15 is 0 Å². The van der Waals surface area contributed by atoms with E-state index in [-0.39, 0.29) is 0 Å². The minimum absolute atomic E-state index is 0.374. The second-order valence-corrected chi connectivity index (χ2v) is 3.96. The maximum Gasteiger partial charge on any atom is 0.145 e. The van der Waals surface area contributed by atoms with E-state index in [9.17, 15) is 5.11 Å². The van der Waals surface area contributed by atoms with Gasteiger partial charge in [0.1, 0.15) is 12.3 Å². The smallest absolute Gasteiger partial charge is 0.145 e. The van der Waals surface area contributed by atoms with Gasteiger partial charge in [-0.25, -0.2) is 0 Å². The molecular formula is C11H19N2O+. The van der Waals surface area contributed by atoms with Gasteiger partial charge in [-0.1, -0.05) is 6.92 Å². The van der Waals surface area contributed by atoms with E-state index < -0.39 is 0 Å². The second-order valence-electron chi connectivity index (χ2n) is 3.96. The zero-order chi connectivity index (χ0) is 10.7. The predicted octanol–water partition coefficient (Wildman–Crippen LogP) is 0.303. The van der Waals surface area contributed by atoms with Crippen molar-refractivity contribution in [2.24, 2.45) is 0 Å². The largest absolute Gasteiger partial charge is 0.506 e. The van der Waals surface area contributed by atoms with Crippen LogP contribution in [0.4, 0.5) is 0 Å². The highest BCUT2D eigenvalue weighted by molar-refractivity contribution is 5.37. The first-order chi connectivity index (χ1) is 6.54. The number of aryl methyl sites for hydroxylation is 2. The normalized spacial score (nSPS) is 10.9. The van der Waals surface area contributed by atoms with Crippen molar-refractivity contribution in [2.45, 2.75) is 26.8 Å². The van der Waals surface area contributed by atoms with Crippen molar-refractivity contribution in [3.05, 3.63) is 23.0 Å². The monoisotopic (exact) mass is 195 g/mol. The van der Waals surface area contributed by atoms with Gasteiger partial charge in [0.2, 0.25) is 0 Å². The maximum absolute atomic E-state index is 9.89. The molecule has 0 radical (unpaired) electrons. The third-order valence-corrected chi connectivity index (χ3v) is 2.15. The van der Waals surface area contributed by atoms with Crippen LogP contribution in [0.15, 0.2) is 6.07 Å². The fourth-order valence-electron chi connectivity index (χ4n) is 1.57. The maximum atomic E-state index is 9.89. The van der Waals surface area contributed by atoms with E-state index in [0.717, 1.165) is 29.9 Å². The van der Waals surface area contributed by atoms with Crippen LogP contribution < -0.4 is 4.90 Å². The highest BCUT2D eigenvalue weighted by atomic mass is 16.3. The first kappa shape index (κ1) is 11.0. The summed E-state index contributed by atoms with van der Waals surface area (Å²) in [4.78, 5) is 5.60. The van der Waals surface area contributed by atoms with Crippen LogP contribution in [0.3, 0.4) is 0 Å². The summed E-state index contributed by atoms with van der Waals surface area (Å²) in [5, 5.41) is 9.89. The van der Waals surface area contributed by atoms with Crippen molar-refractivity contribution in [3.63, 3.8) is 0 Å². The van der Waals surface area contributed by atoms with Crippen LogP contribution in [0.2, 0.25) is 0 Å². The molecule has 1 aromatic heterocycles. The van der Waals surface area contributed by atoms with Gasteiger partial charge >= 0.3 is 0 Å². The second kappa shape index (κ2) is 4.42. The van der Waals surface area contributed by atoms with Gasteiger partial charge < -0.3 is 10.0 Å². The number of pyridine rings is 1. The number of aromatic hydroxyl groups is 1. The Morgan fingerprint density at radius 2 is 2.07 bits per heavy atom. The highest BCUT2D eigenvalue weighted by Crippen LogP contribution is 2.21. The van der Waals surface area contributed by atoms with Crippen LogP contribution >= 0.6 is 0 Å². The van der Waals surface area contributed by atoms with E-state index in [1.165, 1.54) is 4.90 Å². The minimum Gasteiger partial charge on any atom is -0.506 e. The number of hydrogen-bond donors (Lipinski definition) is 2. The third-order valence-electron chi connectivity index (χ3n) is 2.15. The summed E-state index contributed by atoms with van der Waals surface area (Å²) in [6.07, 6.45) is 0.781. The molecular weight excluding hydrogens is 176 g/mol. The summed E-state index contributed by atoms with van der Waals surface area (Å²) < 4.78 is 0. The van der Waals surface area contributed by atoms with Crippen LogP contribution in [0, 0.1) is 6.92 Å². The summed E-state index contributed by atoms with van der Waals surface area (Å²) >= 11 is 0. The molecule has 0 fully saturated rings.